The lowest BCUT2D eigenvalue weighted by Crippen LogP contribution is -2.27. The zero-order chi connectivity index (χ0) is 10.8. The minimum Gasteiger partial charge on any atom is -0.392 e. The molecule has 82 valence electrons. The van der Waals surface area contributed by atoms with Crippen LogP contribution in [0.1, 0.15) is 30.5 Å². The Bertz CT molecular complexity index is 351. The summed E-state index contributed by atoms with van der Waals surface area (Å²) >= 11 is 5.97. The second-order valence-corrected chi connectivity index (χ2v) is 4.63. The molecule has 0 saturated heterocycles. The van der Waals surface area contributed by atoms with E-state index < -0.39 is 0 Å². The van der Waals surface area contributed by atoms with Crippen molar-refractivity contribution in [3.8, 4) is 0 Å². The minimum absolute atomic E-state index is 0.298. The second kappa shape index (κ2) is 4.52. The van der Waals surface area contributed by atoms with Crippen molar-refractivity contribution in [1.29, 1.82) is 0 Å². The van der Waals surface area contributed by atoms with Crippen molar-refractivity contribution in [3.05, 3.63) is 34.3 Å². The van der Waals surface area contributed by atoms with Crippen molar-refractivity contribution in [2.75, 3.05) is 6.54 Å². The summed E-state index contributed by atoms with van der Waals surface area (Å²) in [6.07, 6.45) is 1.90. The van der Waals surface area contributed by atoms with Gasteiger partial charge in [-0.1, -0.05) is 17.7 Å². The third-order valence-corrected chi connectivity index (χ3v) is 3.08. The zero-order valence-electron chi connectivity index (χ0n) is 8.83. The predicted molar refractivity (Wildman–Crippen MR) is 62.2 cm³/mol. The van der Waals surface area contributed by atoms with Crippen LogP contribution in [0.3, 0.4) is 0 Å². The first-order chi connectivity index (χ1) is 7.16. The average Bonchev–Trinajstić information content (AvgIpc) is 2.57. The summed E-state index contributed by atoms with van der Waals surface area (Å²) in [6.45, 7) is 2.43. The van der Waals surface area contributed by atoms with Crippen LogP contribution < -0.4 is 5.32 Å². The fraction of sp³-hybridized carbons (Fsp3) is 0.500. The smallest absolute Gasteiger partial charge is 0.0636 e. The normalized spacial score (nSPS) is 21.4. The van der Waals surface area contributed by atoms with Crippen LogP contribution in [0.2, 0.25) is 5.02 Å². The van der Waals surface area contributed by atoms with Gasteiger partial charge in [0.15, 0.2) is 0 Å². The maximum absolute atomic E-state index is 9.23. The molecule has 2 nitrogen and oxygen atoms in total. The monoisotopic (exact) mass is 225 g/mol. The number of aliphatic hydroxyl groups is 1. The number of aliphatic hydroxyl groups excluding tert-OH is 1. The van der Waals surface area contributed by atoms with Gasteiger partial charge in [0.05, 0.1) is 6.10 Å². The van der Waals surface area contributed by atoms with Crippen molar-refractivity contribution < 1.29 is 5.11 Å². The van der Waals surface area contributed by atoms with E-state index in [4.69, 9.17) is 11.6 Å². The summed E-state index contributed by atoms with van der Waals surface area (Å²) in [5.74, 6) is 0. The molecule has 1 aromatic carbocycles. The molecule has 1 aliphatic rings. The topological polar surface area (TPSA) is 32.3 Å². The number of fused-ring (bicyclic) bond motifs is 1. The van der Waals surface area contributed by atoms with Gasteiger partial charge in [-0.3, -0.25) is 0 Å². The summed E-state index contributed by atoms with van der Waals surface area (Å²) in [7, 11) is 0. The zero-order valence-corrected chi connectivity index (χ0v) is 9.59. The molecule has 0 heterocycles. The Kier molecular flexibility index (Phi) is 3.29. The first kappa shape index (κ1) is 10.9. The number of nitrogens with one attached hydrogen (secondary N) is 1. The standard InChI is InChI=1S/C12H16ClNO/c1-8(15)7-14-12-5-3-9-2-4-10(13)6-11(9)12/h2,4,6,8,12,14-15H,3,5,7H2,1H3/t8-,12?/m0/s1. The number of benzene rings is 1. The molecule has 0 spiro atoms. The average molecular weight is 226 g/mol. The lowest BCUT2D eigenvalue weighted by atomic mass is 10.1. The summed E-state index contributed by atoms with van der Waals surface area (Å²) in [5.41, 5.74) is 2.67. The molecule has 2 N–H and O–H groups in total. The molecule has 2 atom stereocenters. The molecule has 0 aliphatic heterocycles. The number of aryl methyl sites for hydroxylation is 1. The molecule has 0 fully saturated rings. The molecule has 3 heteroatoms. The van der Waals surface area contributed by atoms with Crippen LogP contribution in [0.15, 0.2) is 18.2 Å². The van der Waals surface area contributed by atoms with Gasteiger partial charge in [0.25, 0.3) is 0 Å². The Morgan fingerprint density at radius 2 is 2.40 bits per heavy atom. The van der Waals surface area contributed by atoms with Gasteiger partial charge in [-0.15, -0.1) is 0 Å². The van der Waals surface area contributed by atoms with Crippen LogP contribution in [0, 0.1) is 0 Å². The highest BCUT2D eigenvalue weighted by Gasteiger charge is 2.22. The van der Waals surface area contributed by atoms with E-state index in [1.807, 2.05) is 12.1 Å². The molecule has 1 unspecified atom stereocenters. The number of hydrogen-bond acceptors (Lipinski definition) is 2. The van der Waals surface area contributed by atoms with Crippen LogP contribution in [-0.4, -0.2) is 17.8 Å². The summed E-state index contributed by atoms with van der Waals surface area (Å²) < 4.78 is 0. The third kappa shape index (κ3) is 2.51. The molecule has 2 rings (SSSR count). The molecular formula is C12H16ClNO. The maximum Gasteiger partial charge on any atom is 0.0636 e. The summed E-state index contributed by atoms with van der Waals surface area (Å²) in [5, 5.41) is 13.4. The molecule has 15 heavy (non-hydrogen) atoms. The van der Waals surface area contributed by atoms with E-state index in [0.717, 1.165) is 17.9 Å². The van der Waals surface area contributed by atoms with Gasteiger partial charge in [-0.25, -0.2) is 0 Å². The van der Waals surface area contributed by atoms with E-state index in [2.05, 4.69) is 11.4 Å². The maximum atomic E-state index is 9.23. The van der Waals surface area contributed by atoms with Crippen molar-refractivity contribution in [2.24, 2.45) is 0 Å². The number of hydrogen-bond donors (Lipinski definition) is 2. The number of rotatable bonds is 3. The Hall–Kier alpha value is -0.570. The van der Waals surface area contributed by atoms with Gasteiger partial charge in [0, 0.05) is 17.6 Å². The Morgan fingerprint density at radius 3 is 3.13 bits per heavy atom. The fourth-order valence-electron chi connectivity index (χ4n) is 2.10. The van der Waals surface area contributed by atoms with Crippen LogP contribution in [0.25, 0.3) is 0 Å². The first-order valence-corrected chi connectivity index (χ1v) is 5.74. The molecule has 0 radical (unpaired) electrons. The Labute approximate surface area is 95.3 Å². The van der Waals surface area contributed by atoms with E-state index in [-0.39, 0.29) is 6.10 Å². The van der Waals surface area contributed by atoms with Crippen molar-refractivity contribution in [1.82, 2.24) is 5.32 Å². The first-order valence-electron chi connectivity index (χ1n) is 5.36. The number of halogens is 1. The lowest BCUT2D eigenvalue weighted by molar-refractivity contribution is 0.186. The summed E-state index contributed by atoms with van der Waals surface area (Å²) in [6, 6.07) is 6.43. The highest BCUT2D eigenvalue weighted by Crippen LogP contribution is 2.32. The second-order valence-electron chi connectivity index (χ2n) is 4.19. The van der Waals surface area contributed by atoms with E-state index in [0.29, 0.717) is 12.6 Å². The van der Waals surface area contributed by atoms with Gasteiger partial charge in [-0.05, 0) is 43.0 Å². The van der Waals surface area contributed by atoms with Crippen molar-refractivity contribution in [2.45, 2.75) is 31.9 Å². The Morgan fingerprint density at radius 1 is 1.60 bits per heavy atom. The third-order valence-electron chi connectivity index (χ3n) is 2.85. The summed E-state index contributed by atoms with van der Waals surface area (Å²) in [4.78, 5) is 0. The van der Waals surface area contributed by atoms with Crippen LogP contribution in [0.4, 0.5) is 0 Å². The van der Waals surface area contributed by atoms with Crippen molar-refractivity contribution >= 4 is 11.6 Å². The van der Waals surface area contributed by atoms with Gasteiger partial charge in [-0.2, -0.15) is 0 Å². The Balaban J connectivity index is 2.10. The largest absolute Gasteiger partial charge is 0.392 e. The van der Waals surface area contributed by atoms with Gasteiger partial charge in [0.2, 0.25) is 0 Å². The van der Waals surface area contributed by atoms with E-state index in [1.54, 1.807) is 6.92 Å². The van der Waals surface area contributed by atoms with Crippen molar-refractivity contribution in [3.63, 3.8) is 0 Å². The van der Waals surface area contributed by atoms with Crippen LogP contribution in [0.5, 0.6) is 0 Å². The molecule has 0 saturated carbocycles. The molecule has 1 aromatic rings. The fourth-order valence-corrected chi connectivity index (χ4v) is 2.28. The lowest BCUT2D eigenvalue weighted by Gasteiger charge is -2.15. The molecular weight excluding hydrogens is 210 g/mol. The van der Waals surface area contributed by atoms with Gasteiger partial charge < -0.3 is 10.4 Å². The molecule has 0 amide bonds. The SMILES string of the molecule is C[C@H](O)CNC1CCc2ccc(Cl)cc21. The quantitative estimate of drug-likeness (QED) is 0.828. The van der Waals surface area contributed by atoms with Crippen LogP contribution >= 0.6 is 11.6 Å². The highest BCUT2D eigenvalue weighted by atomic mass is 35.5. The molecule has 1 aliphatic carbocycles. The molecule has 0 aromatic heterocycles. The molecule has 0 bridgehead atoms. The van der Waals surface area contributed by atoms with E-state index in [1.165, 1.54) is 11.1 Å². The van der Waals surface area contributed by atoms with Gasteiger partial charge >= 0.3 is 0 Å². The van der Waals surface area contributed by atoms with Gasteiger partial charge in [0.1, 0.15) is 0 Å². The highest BCUT2D eigenvalue weighted by molar-refractivity contribution is 6.30. The van der Waals surface area contributed by atoms with E-state index >= 15 is 0 Å². The predicted octanol–water partition coefficient (Wildman–Crippen LogP) is 2.30. The van der Waals surface area contributed by atoms with E-state index in [9.17, 15) is 5.11 Å². The minimum atomic E-state index is -0.298. The van der Waals surface area contributed by atoms with Crippen LogP contribution in [-0.2, 0) is 6.42 Å².